The van der Waals surface area contributed by atoms with E-state index in [1.165, 1.54) is 62.6 Å². The van der Waals surface area contributed by atoms with Gasteiger partial charge in [-0.25, -0.2) is 0 Å². The molecule has 1 aromatic heterocycles. The number of rotatable bonds is 6. The van der Waals surface area contributed by atoms with Crippen molar-refractivity contribution in [2.75, 3.05) is 19.6 Å². The van der Waals surface area contributed by atoms with Crippen LogP contribution in [0.1, 0.15) is 39.0 Å². The Bertz CT molecular complexity index is 549. The Morgan fingerprint density at radius 3 is 2.67 bits per heavy atom. The summed E-state index contributed by atoms with van der Waals surface area (Å²) in [6.45, 7) is 7.21. The van der Waals surface area contributed by atoms with Crippen molar-refractivity contribution in [3.05, 3.63) is 36.5 Å². The lowest BCUT2D eigenvalue weighted by atomic mass is 9.92. The highest BCUT2D eigenvalue weighted by Crippen LogP contribution is 2.22. The molecule has 1 fully saturated rings. The number of fused-ring (bicyclic) bond motifs is 1. The second-order valence-corrected chi connectivity index (χ2v) is 6.50. The van der Waals surface area contributed by atoms with Crippen LogP contribution in [0.2, 0.25) is 0 Å². The molecule has 2 aromatic rings. The van der Waals surface area contributed by atoms with Crippen LogP contribution in [0.15, 0.2) is 36.5 Å². The summed E-state index contributed by atoms with van der Waals surface area (Å²) in [5.74, 6) is 0.994. The fraction of sp³-hybridized carbons (Fsp3) is 0.579. The molecule has 3 rings (SSSR count). The van der Waals surface area contributed by atoms with Crippen LogP contribution in [0.5, 0.6) is 0 Å². The van der Waals surface area contributed by atoms with E-state index in [2.05, 4.69) is 52.9 Å². The lowest BCUT2D eigenvalue weighted by molar-refractivity contribution is 0.173. The van der Waals surface area contributed by atoms with Crippen LogP contribution in [-0.2, 0) is 6.54 Å². The summed E-state index contributed by atoms with van der Waals surface area (Å²) in [5, 5.41) is 1.36. The Kier molecular flexibility index (Phi) is 4.97. The van der Waals surface area contributed by atoms with E-state index in [4.69, 9.17) is 0 Å². The molecule has 1 aliphatic heterocycles. The Labute approximate surface area is 128 Å². The zero-order valence-electron chi connectivity index (χ0n) is 13.3. The maximum absolute atomic E-state index is 2.65. The molecule has 0 atom stereocenters. The number of para-hydroxylation sites is 1. The number of benzene rings is 1. The third kappa shape index (κ3) is 3.68. The Morgan fingerprint density at radius 2 is 1.86 bits per heavy atom. The molecular formula is C19H28N2. The van der Waals surface area contributed by atoms with Gasteiger partial charge in [0.1, 0.15) is 0 Å². The Balaban J connectivity index is 1.48. The van der Waals surface area contributed by atoms with Crippen LogP contribution in [0.4, 0.5) is 0 Å². The van der Waals surface area contributed by atoms with Gasteiger partial charge in [-0.15, -0.1) is 0 Å². The number of likely N-dealkylation sites (tertiary alicyclic amines) is 1. The second kappa shape index (κ2) is 7.13. The number of nitrogens with zero attached hydrogens (tertiary/aromatic N) is 2. The number of aromatic nitrogens is 1. The van der Waals surface area contributed by atoms with Crippen LogP contribution in [0.25, 0.3) is 10.9 Å². The van der Waals surface area contributed by atoms with Crippen molar-refractivity contribution in [3.63, 3.8) is 0 Å². The zero-order chi connectivity index (χ0) is 14.5. The first-order valence-electron chi connectivity index (χ1n) is 8.63. The minimum absolute atomic E-state index is 0.994. The molecule has 0 unspecified atom stereocenters. The summed E-state index contributed by atoms with van der Waals surface area (Å²) in [6.07, 6.45) is 9.27. The van der Waals surface area contributed by atoms with Gasteiger partial charge in [0.25, 0.3) is 0 Å². The van der Waals surface area contributed by atoms with Gasteiger partial charge < -0.3 is 9.47 Å². The molecule has 0 radical (unpaired) electrons. The van der Waals surface area contributed by atoms with Gasteiger partial charge in [0.05, 0.1) is 0 Å². The lowest BCUT2D eigenvalue weighted by Gasteiger charge is -2.32. The average molecular weight is 284 g/mol. The van der Waals surface area contributed by atoms with E-state index in [0.717, 1.165) is 12.5 Å². The first-order chi connectivity index (χ1) is 10.4. The molecule has 2 heterocycles. The molecule has 0 spiro atoms. The highest BCUT2D eigenvalue weighted by molar-refractivity contribution is 5.79. The fourth-order valence-electron chi connectivity index (χ4n) is 3.58. The molecule has 0 aliphatic carbocycles. The maximum Gasteiger partial charge on any atom is 0.0480 e. The van der Waals surface area contributed by atoms with Crippen molar-refractivity contribution in [1.82, 2.24) is 9.47 Å². The minimum Gasteiger partial charge on any atom is -0.346 e. The van der Waals surface area contributed by atoms with Gasteiger partial charge >= 0.3 is 0 Å². The Hall–Kier alpha value is -1.28. The summed E-state index contributed by atoms with van der Waals surface area (Å²) in [7, 11) is 0. The average Bonchev–Trinajstić information content (AvgIpc) is 2.95. The smallest absolute Gasteiger partial charge is 0.0480 e. The van der Waals surface area contributed by atoms with E-state index in [1.54, 1.807) is 0 Å². The van der Waals surface area contributed by atoms with Crippen molar-refractivity contribution in [3.8, 4) is 0 Å². The number of hydrogen-bond acceptors (Lipinski definition) is 1. The highest BCUT2D eigenvalue weighted by Gasteiger charge is 2.18. The van der Waals surface area contributed by atoms with Gasteiger partial charge in [-0.2, -0.15) is 0 Å². The number of hydrogen-bond donors (Lipinski definition) is 0. The largest absolute Gasteiger partial charge is 0.346 e. The van der Waals surface area contributed by atoms with Crippen LogP contribution < -0.4 is 0 Å². The molecule has 1 aliphatic rings. The molecule has 0 N–H and O–H groups in total. The van der Waals surface area contributed by atoms with E-state index >= 15 is 0 Å². The molecule has 21 heavy (non-hydrogen) atoms. The summed E-state index contributed by atoms with van der Waals surface area (Å²) in [4.78, 5) is 2.65. The predicted molar refractivity (Wildman–Crippen MR) is 90.6 cm³/mol. The van der Waals surface area contributed by atoms with E-state index in [-0.39, 0.29) is 0 Å². The normalized spacial score (nSPS) is 17.6. The molecule has 0 amide bonds. The van der Waals surface area contributed by atoms with Crippen LogP contribution in [-0.4, -0.2) is 29.1 Å². The lowest BCUT2D eigenvalue weighted by Crippen LogP contribution is -2.35. The fourth-order valence-corrected chi connectivity index (χ4v) is 3.58. The topological polar surface area (TPSA) is 8.17 Å². The van der Waals surface area contributed by atoms with Crippen LogP contribution in [0.3, 0.4) is 0 Å². The summed E-state index contributed by atoms with van der Waals surface area (Å²) in [5.41, 5.74) is 1.37. The molecule has 114 valence electrons. The zero-order valence-corrected chi connectivity index (χ0v) is 13.3. The molecule has 2 heteroatoms. The molecule has 1 aromatic carbocycles. The Morgan fingerprint density at radius 1 is 1.05 bits per heavy atom. The summed E-state index contributed by atoms with van der Waals surface area (Å²) >= 11 is 0. The summed E-state index contributed by atoms with van der Waals surface area (Å²) in [6, 6.07) is 10.9. The first-order valence-corrected chi connectivity index (χ1v) is 8.63. The van der Waals surface area contributed by atoms with Crippen molar-refractivity contribution in [2.45, 2.75) is 45.6 Å². The van der Waals surface area contributed by atoms with E-state index in [0.29, 0.717) is 0 Å². The SMILES string of the molecule is CCCCC1CCN(CCn2ccc3ccccc32)CC1. The number of unbranched alkanes of at least 4 members (excludes halogenated alkanes) is 1. The van der Waals surface area contributed by atoms with Gasteiger partial charge in [-0.3, -0.25) is 0 Å². The van der Waals surface area contributed by atoms with E-state index in [9.17, 15) is 0 Å². The van der Waals surface area contributed by atoms with Gasteiger partial charge in [-0.1, -0.05) is 44.4 Å². The third-order valence-corrected chi connectivity index (χ3v) is 5.01. The van der Waals surface area contributed by atoms with Crippen molar-refractivity contribution in [2.24, 2.45) is 5.92 Å². The molecular weight excluding hydrogens is 256 g/mol. The van der Waals surface area contributed by atoms with E-state index < -0.39 is 0 Å². The highest BCUT2D eigenvalue weighted by atomic mass is 15.1. The van der Waals surface area contributed by atoms with Crippen molar-refractivity contribution >= 4 is 10.9 Å². The van der Waals surface area contributed by atoms with Gasteiger partial charge in [-0.05, 0) is 49.4 Å². The molecule has 0 saturated carbocycles. The first kappa shape index (κ1) is 14.6. The monoisotopic (exact) mass is 284 g/mol. The molecule has 1 saturated heterocycles. The van der Waals surface area contributed by atoms with Crippen LogP contribution in [0, 0.1) is 5.92 Å². The van der Waals surface area contributed by atoms with E-state index in [1.807, 2.05) is 0 Å². The van der Waals surface area contributed by atoms with Gasteiger partial charge in [0.15, 0.2) is 0 Å². The molecule has 2 nitrogen and oxygen atoms in total. The standard InChI is InChI=1S/C19H28N2/c1-2-3-6-17-9-12-20(13-10-17)15-16-21-14-11-18-7-4-5-8-19(18)21/h4-5,7-8,11,14,17H,2-3,6,9-10,12-13,15-16H2,1H3. The van der Waals surface area contributed by atoms with Gasteiger partial charge in [0.2, 0.25) is 0 Å². The van der Waals surface area contributed by atoms with Gasteiger partial charge in [0, 0.05) is 24.8 Å². The van der Waals surface area contributed by atoms with Crippen LogP contribution >= 0.6 is 0 Å². The minimum atomic E-state index is 0.994. The molecule has 0 bridgehead atoms. The number of piperidine rings is 1. The predicted octanol–water partition coefficient (Wildman–Crippen LogP) is 4.54. The second-order valence-electron chi connectivity index (χ2n) is 6.50. The quantitative estimate of drug-likeness (QED) is 0.756. The van der Waals surface area contributed by atoms with Crippen molar-refractivity contribution in [1.29, 1.82) is 0 Å². The maximum atomic E-state index is 2.65. The summed E-state index contributed by atoms with van der Waals surface area (Å²) < 4.78 is 2.40. The van der Waals surface area contributed by atoms with Crippen molar-refractivity contribution < 1.29 is 0 Å². The third-order valence-electron chi connectivity index (χ3n) is 5.01.